The van der Waals surface area contributed by atoms with Crippen LogP contribution in [0, 0.1) is 0 Å². The van der Waals surface area contributed by atoms with Crippen molar-refractivity contribution in [3.63, 3.8) is 0 Å². The average molecular weight is 278 g/mol. The number of hydrogen-bond acceptors (Lipinski definition) is 4. The van der Waals surface area contributed by atoms with E-state index in [1.807, 2.05) is 0 Å². The molecule has 0 radical (unpaired) electrons. The van der Waals surface area contributed by atoms with Gasteiger partial charge in [-0.05, 0) is 18.2 Å². The van der Waals surface area contributed by atoms with Crippen LogP contribution in [0.3, 0.4) is 0 Å². The zero-order chi connectivity index (χ0) is 13.6. The molecular formula is C10H9F3N2O2S. The van der Waals surface area contributed by atoms with Gasteiger partial charge in [-0.25, -0.2) is 10.2 Å². The van der Waals surface area contributed by atoms with Crippen LogP contribution in [-0.2, 0) is 5.54 Å². The van der Waals surface area contributed by atoms with Crippen LogP contribution in [0.1, 0.15) is 14.5 Å². The van der Waals surface area contributed by atoms with Gasteiger partial charge in [-0.3, -0.25) is 0 Å². The van der Waals surface area contributed by atoms with E-state index in [4.69, 9.17) is 5.11 Å². The van der Waals surface area contributed by atoms with Crippen LogP contribution < -0.4 is 5.43 Å². The molecule has 2 rings (SSSR count). The summed E-state index contributed by atoms with van der Waals surface area (Å²) in [6.45, 7) is 0. The van der Waals surface area contributed by atoms with Gasteiger partial charge < -0.3 is 10.1 Å². The molecule has 2 N–H and O–H groups in total. The number of alkyl halides is 3. The maximum Gasteiger partial charge on any atom is 0.416 e. The van der Waals surface area contributed by atoms with Gasteiger partial charge >= 0.3 is 12.1 Å². The number of carbonyl (C=O) groups is 1. The fourth-order valence-electron chi connectivity index (χ4n) is 1.68. The standard InChI is InChI=1S/C10H9F3N2O2S/c1-15-5-4-9(14-15,10(11,12)13)7-3-2-6(18-7)8(16)17/h2-5,14H,1H3,(H,16,17). The van der Waals surface area contributed by atoms with Gasteiger partial charge in [-0.15, -0.1) is 11.3 Å². The first-order valence-electron chi connectivity index (χ1n) is 4.86. The Kier molecular flexibility index (Phi) is 2.86. The molecule has 18 heavy (non-hydrogen) atoms. The predicted molar refractivity (Wildman–Crippen MR) is 59.1 cm³/mol. The van der Waals surface area contributed by atoms with Gasteiger partial charge in [0, 0.05) is 18.1 Å². The van der Waals surface area contributed by atoms with E-state index < -0.39 is 17.7 Å². The summed E-state index contributed by atoms with van der Waals surface area (Å²) >= 11 is 0.606. The smallest absolute Gasteiger partial charge is 0.416 e. The lowest BCUT2D eigenvalue weighted by molar-refractivity contribution is -0.189. The normalized spacial score (nSPS) is 23.7. The molecule has 1 aliphatic heterocycles. The summed E-state index contributed by atoms with van der Waals surface area (Å²) < 4.78 is 39.6. The molecule has 0 spiro atoms. The lowest BCUT2D eigenvalue weighted by Crippen LogP contribution is -2.52. The van der Waals surface area contributed by atoms with Crippen molar-refractivity contribution in [2.45, 2.75) is 11.7 Å². The summed E-state index contributed by atoms with van der Waals surface area (Å²) in [7, 11) is 1.44. The zero-order valence-electron chi connectivity index (χ0n) is 9.15. The Labute approximate surface area is 104 Å². The highest BCUT2D eigenvalue weighted by Crippen LogP contribution is 2.45. The largest absolute Gasteiger partial charge is 0.477 e. The number of halogens is 3. The van der Waals surface area contributed by atoms with Gasteiger partial charge in [0.25, 0.3) is 0 Å². The minimum atomic E-state index is -4.56. The number of carboxylic acids is 1. The van der Waals surface area contributed by atoms with Crippen molar-refractivity contribution in [3.05, 3.63) is 34.2 Å². The molecule has 0 aromatic carbocycles. The number of carboxylic acid groups (broad SMARTS) is 1. The van der Waals surface area contributed by atoms with Crippen LogP contribution in [-0.4, -0.2) is 29.3 Å². The number of thiophene rings is 1. The van der Waals surface area contributed by atoms with Crippen molar-refractivity contribution in [3.8, 4) is 0 Å². The molecule has 1 aromatic rings. The van der Waals surface area contributed by atoms with E-state index in [-0.39, 0.29) is 9.75 Å². The Balaban J connectivity index is 2.48. The molecule has 1 unspecified atom stereocenters. The maximum absolute atomic E-state index is 13.2. The first-order valence-corrected chi connectivity index (χ1v) is 5.68. The van der Waals surface area contributed by atoms with E-state index in [0.717, 1.165) is 6.08 Å². The maximum atomic E-state index is 13.2. The molecule has 0 bridgehead atoms. The molecule has 0 saturated carbocycles. The Bertz CT molecular complexity index is 511. The monoisotopic (exact) mass is 278 g/mol. The third-order valence-corrected chi connectivity index (χ3v) is 3.76. The molecule has 4 nitrogen and oxygen atoms in total. The van der Waals surface area contributed by atoms with Gasteiger partial charge in [-0.2, -0.15) is 13.2 Å². The third kappa shape index (κ3) is 1.87. The summed E-state index contributed by atoms with van der Waals surface area (Å²) in [6.07, 6.45) is -2.33. The highest BCUT2D eigenvalue weighted by Gasteiger charge is 2.57. The molecule has 8 heteroatoms. The highest BCUT2D eigenvalue weighted by molar-refractivity contribution is 7.14. The van der Waals surface area contributed by atoms with Crippen molar-refractivity contribution in [1.82, 2.24) is 10.4 Å². The topological polar surface area (TPSA) is 52.6 Å². The molecule has 1 aliphatic rings. The second-order valence-electron chi connectivity index (χ2n) is 3.81. The van der Waals surface area contributed by atoms with E-state index in [1.54, 1.807) is 0 Å². The molecule has 98 valence electrons. The van der Waals surface area contributed by atoms with Crippen LogP contribution in [0.25, 0.3) is 0 Å². The Hall–Kier alpha value is -1.54. The quantitative estimate of drug-likeness (QED) is 0.870. The first-order chi connectivity index (χ1) is 8.26. The number of rotatable bonds is 2. The van der Waals surface area contributed by atoms with E-state index in [0.29, 0.717) is 11.3 Å². The van der Waals surface area contributed by atoms with E-state index in [2.05, 4.69) is 5.43 Å². The minimum Gasteiger partial charge on any atom is -0.477 e. The summed E-state index contributed by atoms with van der Waals surface area (Å²) in [4.78, 5) is 10.5. The molecular weight excluding hydrogens is 269 g/mol. The Morgan fingerprint density at radius 2 is 2.17 bits per heavy atom. The van der Waals surface area contributed by atoms with Crippen molar-refractivity contribution in [1.29, 1.82) is 0 Å². The first kappa shape index (κ1) is 12.9. The molecule has 0 amide bonds. The Morgan fingerprint density at radius 3 is 2.56 bits per heavy atom. The lowest BCUT2D eigenvalue weighted by Gasteiger charge is -2.31. The summed E-state index contributed by atoms with van der Waals surface area (Å²) in [5, 5.41) is 9.95. The number of nitrogens with zero attached hydrogens (tertiary/aromatic N) is 1. The summed E-state index contributed by atoms with van der Waals surface area (Å²) in [5.41, 5.74) is -0.0566. The van der Waals surface area contributed by atoms with E-state index in [9.17, 15) is 18.0 Å². The van der Waals surface area contributed by atoms with Gasteiger partial charge in [0.1, 0.15) is 4.88 Å². The van der Waals surface area contributed by atoms with E-state index in [1.165, 1.54) is 30.4 Å². The second kappa shape index (κ2) is 3.99. The van der Waals surface area contributed by atoms with Crippen molar-refractivity contribution < 1.29 is 23.1 Å². The highest BCUT2D eigenvalue weighted by atomic mass is 32.1. The summed E-state index contributed by atoms with van der Waals surface area (Å²) in [6, 6.07) is 2.35. The number of nitrogens with one attached hydrogen (secondary N) is 1. The molecule has 0 fully saturated rings. The van der Waals surface area contributed by atoms with E-state index >= 15 is 0 Å². The van der Waals surface area contributed by atoms with Crippen molar-refractivity contribution in [2.24, 2.45) is 0 Å². The molecule has 1 aromatic heterocycles. The van der Waals surface area contributed by atoms with Gasteiger partial charge in [0.2, 0.25) is 0 Å². The van der Waals surface area contributed by atoms with Crippen LogP contribution in [0.15, 0.2) is 24.4 Å². The van der Waals surface area contributed by atoms with Crippen molar-refractivity contribution in [2.75, 3.05) is 7.05 Å². The predicted octanol–water partition coefficient (Wildman–Crippen LogP) is 2.17. The fraction of sp³-hybridized carbons (Fsp3) is 0.300. The second-order valence-corrected chi connectivity index (χ2v) is 4.90. The molecule has 0 saturated heterocycles. The fourth-order valence-corrected chi connectivity index (χ4v) is 2.66. The third-order valence-electron chi connectivity index (χ3n) is 2.55. The summed E-state index contributed by atoms with van der Waals surface area (Å²) in [5.74, 6) is -1.24. The van der Waals surface area contributed by atoms with Crippen LogP contribution in [0.4, 0.5) is 13.2 Å². The SMILES string of the molecule is CN1C=CC(c2ccc(C(=O)O)s2)(C(F)(F)F)N1. The van der Waals surface area contributed by atoms with Gasteiger partial charge in [0.05, 0.1) is 0 Å². The number of hydrogen-bond donors (Lipinski definition) is 2. The Morgan fingerprint density at radius 1 is 1.50 bits per heavy atom. The number of aromatic carboxylic acids is 1. The molecule has 2 heterocycles. The average Bonchev–Trinajstić information content (AvgIpc) is 2.82. The molecule has 0 aliphatic carbocycles. The van der Waals surface area contributed by atoms with Crippen molar-refractivity contribution >= 4 is 17.3 Å². The minimum absolute atomic E-state index is 0.104. The lowest BCUT2D eigenvalue weighted by atomic mass is 9.98. The van der Waals surface area contributed by atoms with Crippen LogP contribution in [0.5, 0.6) is 0 Å². The van der Waals surface area contributed by atoms with Gasteiger partial charge in [0.15, 0.2) is 5.54 Å². The number of hydrazine groups is 1. The zero-order valence-corrected chi connectivity index (χ0v) is 9.97. The van der Waals surface area contributed by atoms with Crippen LogP contribution in [0.2, 0.25) is 0 Å². The van der Waals surface area contributed by atoms with Gasteiger partial charge in [-0.1, -0.05) is 0 Å². The molecule has 1 atom stereocenters. The van der Waals surface area contributed by atoms with Crippen LogP contribution >= 0.6 is 11.3 Å².